The van der Waals surface area contributed by atoms with E-state index in [1.54, 1.807) is 20.3 Å². The molecular formula is C8H13N3O4S2. The van der Waals surface area contributed by atoms with Gasteiger partial charge in [-0.15, -0.1) is 0 Å². The van der Waals surface area contributed by atoms with Gasteiger partial charge in [0.2, 0.25) is 6.20 Å². The lowest BCUT2D eigenvalue weighted by atomic mass is 10.4. The molecular weight excluding hydrogens is 266 g/mol. The lowest BCUT2D eigenvalue weighted by Gasteiger charge is -2.04. The standard InChI is InChI=1S/C8H13N3O4S2/c1-10(2)8(12)7-6-11(9-16-7)4-3-5-17(13,14)15/h6H,3-5H2,1-2H3. The first-order valence-electron chi connectivity index (χ1n) is 4.81. The number of amides is 1. The minimum absolute atomic E-state index is 0.155. The largest absolute Gasteiger partial charge is 0.748 e. The van der Waals surface area contributed by atoms with Gasteiger partial charge in [0.25, 0.3) is 5.91 Å². The smallest absolute Gasteiger partial charge is 0.271 e. The summed E-state index contributed by atoms with van der Waals surface area (Å²) in [6.45, 7) is 0.304. The number of hydrogen-bond donors (Lipinski definition) is 0. The number of carbonyl (C=O) groups excluding carboxylic acids is 1. The van der Waals surface area contributed by atoms with E-state index in [1.165, 1.54) is 9.58 Å². The zero-order valence-corrected chi connectivity index (χ0v) is 11.1. The zero-order chi connectivity index (χ0) is 13.1. The van der Waals surface area contributed by atoms with Crippen molar-refractivity contribution in [3.05, 3.63) is 11.1 Å². The first-order valence-corrected chi connectivity index (χ1v) is 7.16. The Morgan fingerprint density at radius 2 is 2.24 bits per heavy atom. The summed E-state index contributed by atoms with van der Waals surface area (Å²) >= 11 is 1.04. The quantitative estimate of drug-likeness (QED) is 0.512. The lowest BCUT2D eigenvalue weighted by Crippen LogP contribution is -2.35. The normalized spacial score (nSPS) is 11.5. The van der Waals surface area contributed by atoms with E-state index in [-0.39, 0.29) is 12.3 Å². The van der Waals surface area contributed by atoms with Gasteiger partial charge in [-0.3, -0.25) is 4.79 Å². The maximum Gasteiger partial charge on any atom is 0.271 e. The van der Waals surface area contributed by atoms with E-state index in [0.717, 1.165) is 11.5 Å². The molecule has 0 saturated heterocycles. The van der Waals surface area contributed by atoms with E-state index >= 15 is 0 Å². The van der Waals surface area contributed by atoms with Crippen LogP contribution >= 0.6 is 11.5 Å². The summed E-state index contributed by atoms with van der Waals surface area (Å²) < 4.78 is 36.6. The van der Waals surface area contributed by atoms with Crippen LogP contribution in [0.15, 0.2) is 6.20 Å². The second-order valence-corrected chi connectivity index (χ2v) is 5.95. The molecule has 1 aromatic rings. The fraction of sp³-hybridized carbons (Fsp3) is 0.625. The van der Waals surface area contributed by atoms with Crippen molar-refractivity contribution in [3.63, 3.8) is 0 Å². The second kappa shape index (κ2) is 5.52. The molecule has 7 nitrogen and oxygen atoms in total. The molecule has 0 aliphatic carbocycles. The highest BCUT2D eigenvalue weighted by molar-refractivity contribution is 7.85. The van der Waals surface area contributed by atoms with Crippen LogP contribution in [0.5, 0.6) is 0 Å². The fourth-order valence-electron chi connectivity index (χ4n) is 1.10. The highest BCUT2D eigenvalue weighted by Gasteiger charge is 2.17. The summed E-state index contributed by atoms with van der Waals surface area (Å²) in [6.07, 6.45) is 1.74. The Kier molecular flexibility index (Phi) is 4.54. The van der Waals surface area contributed by atoms with Crippen LogP contribution < -0.4 is 4.68 Å². The van der Waals surface area contributed by atoms with E-state index in [4.69, 9.17) is 0 Å². The van der Waals surface area contributed by atoms with Crippen LogP contribution in [0.4, 0.5) is 0 Å². The molecule has 0 atom stereocenters. The summed E-state index contributed by atoms with van der Waals surface area (Å²) in [6, 6.07) is 0. The Hall–Kier alpha value is -1.06. The summed E-state index contributed by atoms with van der Waals surface area (Å²) in [5.74, 6) is -0.577. The Morgan fingerprint density at radius 1 is 1.59 bits per heavy atom. The van der Waals surface area contributed by atoms with Crippen LogP contribution in [0.25, 0.3) is 0 Å². The average Bonchev–Trinajstić information content (AvgIpc) is 2.63. The van der Waals surface area contributed by atoms with E-state index < -0.39 is 15.9 Å². The minimum atomic E-state index is -4.18. The second-order valence-electron chi connectivity index (χ2n) is 3.64. The molecule has 1 rings (SSSR count). The highest BCUT2D eigenvalue weighted by atomic mass is 32.2. The van der Waals surface area contributed by atoms with Gasteiger partial charge in [-0.2, -0.15) is 0 Å². The van der Waals surface area contributed by atoms with Crippen LogP contribution in [0.3, 0.4) is 0 Å². The van der Waals surface area contributed by atoms with Crippen molar-refractivity contribution in [3.8, 4) is 0 Å². The first-order chi connectivity index (χ1) is 7.79. The lowest BCUT2D eigenvalue weighted by molar-refractivity contribution is -0.746. The predicted molar refractivity (Wildman–Crippen MR) is 59.5 cm³/mol. The number of aryl methyl sites for hydroxylation is 1. The molecule has 9 heteroatoms. The monoisotopic (exact) mass is 279 g/mol. The molecule has 0 radical (unpaired) electrons. The summed E-state index contributed by atoms with van der Waals surface area (Å²) in [5, 5.41) is 0. The predicted octanol–water partition coefficient (Wildman–Crippen LogP) is -0.932. The Morgan fingerprint density at radius 3 is 2.76 bits per heavy atom. The van der Waals surface area contributed by atoms with Crippen LogP contribution in [0, 0.1) is 0 Å². The van der Waals surface area contributed by atoms with Crippen molar-refractivity contribution in [1.29, 1.82) is 0 Å². The highest BCUT2D eigenvalue weighted by Crippen LogP contribution is 2.03. The number of aromatic nitrogens is 2. The number of rotatable bonds is 5. The molecule has 0 aliphatic heterocycles. The van der Waals surface area contributed by atoms with Crippen LogP contribution in [-0.4, -0.2) is 48.1 Å². The van der Waals surface area contributed by atoms with Crippen LogP contribution in [0.2, 0.25) is 0 Å². The summed E-state index contributed by atoms with van der Waals surface area (Å²) in [7, 11) is -0.909. The number of nitrogens with zero attached hydrogens (tertiary/aromatic N) is 3. The molecule has 0 aliphatic rings. The maximum absolute atomic E-state index is 11.5. The third kappa shape index (κ3) is 4.75. The molecule has 0 N–H and O–H groups in total. The van der Waals surface area contributed by atoms with E-state index in [1.807, 2.05) is 0 Å². The average molecular weight is 279 g/mol. The van der Waals surface area contributed by atoms with Crippen molar-refractivity contribution < 1.29 is 22.4 Å². The van der Waals surface area contributed by atoms with Gasteiger partial charge in [0.05, 0.1) is 14.6 Å². The SMILES string of the molecule is CN(C)C(=O)c1c[n+](CCCS(=O)(=O)[O-])ns1. The molecule has 17 heavy (non-hydrogen) atoms. The van der Waals surface area contributed by atoms with Gasteiger partial charge in [0.1, 0.15) is 0 Å². The van der Waals surface area contributed by atoms with Gasteiger partial charge < -0.3 is 9.45 Å². The maximum atomic E-state index is 11.5. The third-order valence-corrected chi connectivity index (χ3v) is 3.47. The summed E-state index contributed by atoms with van der Waals surface area (Å²) in [5.41, 5.74) is 0. The summed E-state index contributed by atoms with van der Waals surface area (Å²) in [4.78, 5) is 13.4. The van der Waals surface area contributed by atoms with Gasteiger partial charge in [-0.05, 0) is 0 Å². The third-order valence-electron chi connectivity index (χ3n) is 1.91. The van der Waals surface area contributed by atoms with Crippen LogP contribution in [-0.2, 0) is 16.7 Å². The van der Waals surface area contributed by atoms with E-state index in [9.17, 15) is 17.8 Å². The molecule has 96 valence electrons. The molecule has 0 saturated carbocycles. The van der Waals surface area contributed by atoms with E-state index in [2.05, 4.69) is 4.49 Å². The van der Waals surface area contributed by atoms with Gasteiger partial charge in [0, 0.05) is 37.8 Å². The van der Waals surface area contributed by atoms with Gasteiger partial charge in [-0.25, -0.2) is 8.42 Å². The molecule has 1 aromatic heterocycles. The molecule has 0 aromatic carbocycles. The van der Waals surface area contributed by atoms with Gasteiger partial charge >= 0.3 is 0 Å². The molecule has 1 amide bonds. The van der Waals surface area contributed by atoms with Crippen LogP contribution in [0.1, 0.15) is 16.1 Å². The van der Waals surface area contributed by atoms with E-state index in [0.29, 0.717) is 11.4 Å². The Labute approximate surface area is 104 Å². The van der Waals surface area contributed by atoms with Crippen molar-refractivity contribution in [2.75, 3.05) is 19.8 Å². The molecule has 0 unspecified atom stereocenters. The van der Waals surface area contributed by atoms with Crippen molar-refractivity contribution in [2.45, 2.75) is 13.0 Å². The number of hydrogen-bond acceptors (Lipinski definition) is 6. The molecule has 0 bridgehead atoms. The topological polar surface area (TPSA) is 94.3 Å². The first kappa shape index (κ1) is 14.0. The molecule has 0 spiro atoms. The molecule has 1 heterocycles. The fourth-order valence-corrected chi connectivity index (χ4v) is 2.34. The van der Waals surface area contributed by atoms with Gasteiger partial charge in [-0.1, -0.05) is 4.68 Å². The number of carbonyl (C=O) groups is 1. The zero-order valence-electron chi connectivity index (χ0n) is 9.49. The van der Waals surface area contributed by atoms with Crippen molar-refractivity contribution in [2.24, 2.45) is 0 Å². The Bertz CT molecular complexity index is 495. The Balaban J connectivity index is 2.55. The van der Waals surface area contributed by atoms with Crippen molar-refractivity contribution in [1.82, 2.24) is 9.39 Å². The minimum Gasteiger partial charge on any atom is -0.748 e. The van der Waals surface area contributed by atoms with Crippen molar-refractivity contribution >= 4 is 27.6 Å². The van der Waals surface area contributed by atoms with Gasteiger partial charge in [0.15, 0.2) is 11.4 Å². The molecule has 0 fully saturated rings.